The number of rotatable bonds is 4. The first kappa shape index (κ1) is 29.2. The SMILES string of the molecule is CC1(C)CC[C@]2(CC(=O)NCCF)CC[C@]3(C)[C@H](C(=O)C=C4[C@@]5(C)C=C(C#N)C(=O)C(C)(C)[C@@H]5CC[C@]43C)[C@H]2C1. The first-order valence-corrected chi connectivity index (χ1v) is 15.3. The number of ketones is 2. The van der Waals surface area contributed by atoms with E-state index in [1.54, 1.807) is 0 Å². The second kappa shape index (κ2) is 9.10. The maximum atomic E-state index is 14.5. The quantitative estimate of drug-likeness (QED) is 0.423. The molecule has 7 atom stereocenters. The summed E-state index contributed by atoms with van der Waals surface area (Å²) >= 11 is 0. The monoisotopic (exact) mass is 550 g/mol. The molecule has 1 N–H and O–H groups in total. The minimum atomic E-state index is -0.681. The summed E-state index contributed by atoms with van der Waals surface area (Å²) < 4.78 is 12.8. The Bertz CT molecular complexity index is 1260. The molecular weight excluding hydrogens is 503 g/mol. The fourth-order valence-corrected chi connectivity index (χ4v) is 10.6. The number of halogens is 1. The van der Waals surface area contributed by atoms with Crippen LogP contribution in [-0.2, 0) is 14.4 Å². The van der Waals surface area contributed by atoms with E-state index in [1.165, 1.54) is 0 Å². The van der Waals surface area contributed by atoms with Crippen LogP contribution in [0.2, 0.25) is 0 Å². The van der Waals surface area contributed by atoms with Gasteiger partial charge in [0.05, 0.1) is 5.57 Å². The lowest BCUT2D eigenvalue weighted by atomic mass is 9.34. The van der Waals surface area contributed by atoms with E-state index >= 15 is 0 Å². The molecule has 0 aromatic carbocycles. The van der Waals surface area contributed by atoms with Gasteiger partial charge in [0.1, 0.15) is 12.7 Å². The predicted molar refractivity (Wildman–Crippen MR) is 152 cm³/mol. The molecule has 5 nitrogen and oxygen atoms in total. The Kier molecular flexibility index (Phi) is 6.65. The summed E-state index contributed by atoms with van der Waals surface area (Å²) in [5.74, 6) is -0.143. The third-order valence-electron chi connectivity index (χ3n) is 13.0. The van der Waals surface area contributed by atoms with E-state index in [1.807, 2.05) is 26.0 Å². The van der Waals surface area contributed by atoms with Crippen LogP contribution in [0.5, 0.6) is 0 Å². The second-order valence-electron chi connectivity index (χ2n) is 15.8. The Morgan fingerprint density at radius 3 is 2.38 bits per heavy atom. The molecule has 6 heteroatoms. The van der Waals surface area contributed by atoms with Crippen molar-refractivity contribution in [1.29, 1.82) is 5.26 Å². The van der Waals surface area contributed by atoms with Gasteiger partial charge < -0.3 is 5.32 Å². The Hall–Kier alpha value is -2.29. The zero-order chi connectivity index (χ0) is 29.5. The van der Waals surface area contributed by atoms with Crippen molar-refractivity contribution in [1.82, 2.24) is 5.32 Å². The highest BCUT2D eigenvalue weighted by Crippen LogP contribution is 2.74. The molecule has 5 aliphatic rings. The summed E-state index contributed by atoms with van der Waals surface area (Å²) in [6.45, 7) is 14.7. The van der Waals surface area contributed by atoms with Gasteiger partial charge >= 0.3 is 0 Å². The number of hydrogen-bond acceptors (Lipinski definition) is 4. The molecule has 5 aliphatic carbocycles. The van der Waals surface area contributed by atoms with Crippen LogP contribution in [0.4, 0.5) is 4.39 Å². The lowest BCUT2D eigenvalue weighted by Gasteiger charge is -2.69. The molecule has 0 unspecified atom stereocenters. The van der Waals surface area contributed by atoms with Crippen molar-refractivity contribution in [3.63, 3.8) is 0 Å². The van der Waals surface area contributed by atoms with E-state index in [0.717, 1.165) is 50.5 Å². The first-order chi connectivity index (χ1) is 18.5. The maximum absolute atomic E-state index is 14.5. The Balaban J connectivity index is 1.63. The van der Waals surface area contributed by atoms with Gasteiger partial charge in [0.2, 0.25) is 5.91 Å². The molecule has 0 aromatic heterocycles. The fraction of sp³-hybridized carbons (Fsp3) is 0.765. The number of carbonyl (C=O) groups is 3. The molecule has 3 saturated carbocycles. The molecule has 3 fully saturated rings. The normalized spacial score (nSPS) is 43.1. The topological polar surface area (TPSA) is 87.0 Å². The van der Waals surface area contributed by atoms with Gasteiger partial charge in [-0.15, -0.1) is 0 Å². The summed E-state index contributed by atoms with van der Waals surface area (Å²) in [6, 6.07) is 2.17. The number of nitrogens with one attached hydrogen (secondary N) is 1. The highest BCUT2D eigenvalue weighted by Gasteiger charge is 2.69. The third-order valence-corrected chi connectivity index (χ3v) is 13.0. The number of Topliss-reactive ketones (excluding diaryl/α,β-unsaturated/α-hetero) is 1. The number of allylic oxidation sites excluding steroid dienone is 4. The van der Waals surface area contributed by atoms with Crippen molar-refractivity contribution < 1.29 is 18.8 Å². The number of nitrogens with zero attached hydrogens (tertiary/aromatic N) is 1. The Labute approximate surface area is 239 Å². The summed E-state index contributed by atoms with van der Waals surface area (Å²) in [5.41, 5.74) is -0.674. The molecule has 40 heavy (non-hydrogen) atoms. The van der Waals surface area contributed by atoms with Gasteiger partial charge in [0.15, 0.2) is 11.6 Å². The molecular formula is C34H47FN2O3. The molecule has 0 spiro atoms. The van der Waals surface area contributed by atoms with Crippen molar-refractivity contribution >= 4 is 17.5 Å². The van der Waals surface area contributed by atoms with E-state index in [4.69, 9.17) is 0 Å². The van der Waals surface area contributed by atoms with Gasteiger partial charge in [-0.05, 0) is 84.5 Å². The molecule has 0 bridgehead atoms. The lowest BCUT2D eigenvalue weighted by molar-refractivity contribution is -0.174. The molecule has 5 rings (SSSR count). The number of alkyl halides is 1. The van der Waals surface area contributed by atoms with Crippen LogP contribution in [0.3, 0.4) is 0 Å². The zero-order valence-corrected chi connectivity index (χ0v) is 25.5. The van der Waals surface area contributed by atoms with Gasteiger partial charge in [-0.2, -0.15) is 5.26 Å². The van der Waals surface area contributed by atoms with Gasteiger partial charge in [0, 0.05) is 29.7 Å². The van der Waals surface area contributed by atoms with Crippen LogP contribution in [0, 0.1) is 61.6 Å². The number of fused-ring (bicyclic) bond motifs is 7. The van der Waals surface area contributed by atoms with Crippen molar-refractivity contribution in [3.05, 3.63) is 23.3 Å². The highest BCUT2D eigenvalue weighted by molar-refractivity contribution is 6.04. The largest absolute Gasteiger partial charge is 0.353 e. The summed E-state index contributed by atoms with van der Waals surface area (Å²) in [4.78, 5) is 40.8. The smallest absolute Gasteiger partial charge is 0.220 e. The third kappa shape index (κ3) is 3.85. The highest BCUT2D eigenvalue weighted by atomic mass is 19.1. The first-order valence-electron chi connectivity index (χ1n) is 15.3. The molecule has 0 heterocycles. The van der Waals surface area contributed by atoms with Crippen molar-refractivity contribution in [3.8, 4) is 6.07 Å². The molecule has 0 saturated heterocycles. The minimum absolute atomic E-state index is 0.0207. The van der Waals surface area contributed by atoms with Crippen LogP contribution in [0.25, 0.3) is 0 Å². The van der Waals surface area contributed by atoms with Crippen LogP contribution < -0.4 is 5.32 Å². The van der Waals surface area contributed by atoms with Gasteiger partial charge in [0.25, 0.3) is 0 Å². The van der Waals surface area contributed by atoms with E-state index < -0.39 is 17.5 Å². The van der Waals surface area contributed by atoms with Crippen LogP contribution in [0.15, 0.2) is 23.3 Å². The number of carbonyl (C=O) groups excluding carboxylic acids is 3. The van der Waals surface area contributed by atoms with Crippen LogP contribution >= 0.6 is 0 Å². The standard InChI is InChI=1S/C34H47FN2O3/c1-29(2)10-12-34(19-26(39)37-15-14-35)13-11-33(7)27(22(34)18-29)23(38)16-25-31(5)17-21(20-36)28(40)30(3,4)24(31)8-9-32(25,33)6/h16-17,22,24,27H,8-15,18-19H2,1-7H3,(H,37,39)/t22-,24+,27+,31+,32-,33-,34-/m1/s1. The average molecular weight is 551 g/mol. The van der Waals surface area contributed by atoms with Crippen molar-refractivity contribution in [2.24, 2.45) is 50.2 Å². The second-order valence-corrected chi connectivity index (χ2v) is 15.8. The van der Waals surface area contributed by atoms with Crippen molar-refractivity contribution in [2.45, 2.75) is 99.8 Å². The Morgan fingerprint density at radius 2 is 1.73 bits per heavy atom. The van der Waals surface area contributed by atoms with Crippen LogP contribution in [0.1, 0.15) is 99.8 Å². The van der Waals surface area contributed by atoms with Gasteiger partial charge in [-0.25, -0.2) is 4.39 Å². The lowest BCUT2D eigenvalue weighted by Crippen LogP contribution is -2.65. The molecule has 0 aromatic rings. The van der Waals surface area contributed by atoms with Crippen LogP contribution in [-0.4, -0.2) is 30.7 Å². The zero-order valence-electron chi connectivity index (χ0n) is 25.5. The fourth-order valence-electron chi connectivity index (χ4n) is 10.6. The van der Waals surface area contributed by atoms with E-state index in [-0.39, 0.29) is 69.0 Å². The summed E-state index contributed by atoms with van der Waals surface area (Å²) in [6.07, 6.45) is 10.5. The number of hydrogen-bond donors (Lipinski definition) is 1. The summed E-state index contributed by atoms with van der Waals surface area (Å²) in [7, 11) is 0. The van der Waals surface area contributed by atoms with E-state index in [0.29, 0.717) is 6.42 Å². The summed E-state index contributed by atoms with van der Waals surface area (Å²) in [5, 5.41) is 12.7. The Morgan fingerprint density at radius 1 is 1.05 bits per heavy atom. The molecule has 0 radical (unpaired) electrons. The van der Waals surface area contributed by atoms with E-state index in [9.17, 15) is 24.0 Å². The number of amides is 1. The maximum Gasteiger partial charge on any atom is 0.220 e. The predicted octanol–water partition coefficient (Wildman–Crippen LogP) is 6.68. The molecule has 1 amide bonds. The molecule has 0 aliphatic heterocycles. The average Bonchev–Trinajstić information content (AvgIpc) is 2.87. The van der Waals surface area contributed by atoms with Gasteiger partial charge in [-0.3, -0.25) is 14.4 Å². The van der Waals surface area contributed by atoms with E-state index in [2.05, 4.69) is 46.0 Å². The number of nitriles is 1. The minimum Gasteiger partial charge on any atom is -0.353 e. The van der Waals surface area contributed by atoms with Gasteiger partial charge in [-0.1, -0.05) is 60.1 Å². The molecule has 218 valence electrons. The van der Waals surface area contributed by atoms with Crippen molar-refractivity contribution in [2.75, 3.05) is 13.2 Å².